The lowest BCUT2D eigenvalue weighted by atomic mass is 9.71. The molecule has 0 N–H and O–H groups in total. The lowest BCUT2D eigenvalue weighted by Gasteiger charge is -2.37. The van der Waals surface area contributed by atoms with Gasteiger partial charge in [0, 0.05) is 32.3 Å². The monoisotopic (exact) mass is 545 g/mol. The predicted octanol–water partition coefficient (Wildman–Crippen LogP) is 11.4. The fourth-order valence-corrected chi connectivity index (χ4v) is 10.6. The summed E-state index contributed by atoms with van der Waals surface area (Å²) in [7, 11) is -0.481. The van der Waals surface area contributed by atoms with Crippen molar-refractivity contribution in [2.45, 2.75) is 44.9 Å². The first-order chi connectivity index (χ1) is 20.1. The van der Waals surface area contributed by atoms with Gasteiger partial charge in [0.2, 0.25) is 0 Å². The Morgan fingerprint density at radius 1 is 0.707 bits per heavy atom. The van der Waals surface area contributed by atoms with E-state index < -0.39 is 7.53 Å². The number of fused-ring (bicyclic) bond motifs is 7. The molecule has 3 heterocycles. The van der Waals surface area contributed by atoms with E-state index in [9.17, 15) is 0 Å². The molecule has 2 aromatic heterocycles. The highest BCUT2D eigenvalue weighted by molar-refractivity contribution is 7.64. The minimum Gasteiger partial charge on any atom is -0.309 e. The van der Waals surface area contributed by atoms with Gasteiger partial charge in [-0.15, -0.1) is 0 Å². The Hall–Kier alpha value is -4.06. The zero-order chi connectivity index (χ0) is 27.3. The van der Waals surface area contributed by atoms with Crippen molar-refractivity contribution in [3.8, 4) is 16.4 Å². The second-order valence-corrected chi connectivity index (χ2v) is 14.6. The highest BCUT2D eigenvalue weighted by Crippen LogP contribution is 2.56. The van der Waals surface area contributed by atoms with Gasteiger partial charge in [-0.25, -0.2) is 0 Å². The first kappa shape index (κ1) is 23.6. The van der Waals surface area contributed by atoms with E-state index in [-0.39, 0.29) is 5.41 Å². The molecule has 2 heteroatoms. The standard InChI is InChI=1S/C39H32NP/c1-39(2)32-15-7-8-17-35(32)40-34-21-19-25(23-30(34)29-14-10-16-33(39)38(29)40)26-20-22-37-31(24-26)28-13-6-9-18-36(28)41(37)27-11-4-3-5-12-27/h3-5,8-12,14,16-24H,6-7,13,15H2,1-2H3. The number of hydrogen-bond acceptors (Lipinski definition) is 0. The summed E-state index contributed by atoms with van der Waals surface area (Å²) < 4.78 is 2.56. The minimum absolute atomic E-state index is 0.0454. The number of benzene rings is 4. The van der Waals surface area contributed by atoms with Crippen molar-refractivity contribution in [1.82, 2.24) is 4.57 Å². The molecule has 0 spiro atoms. The molecule has 0 radical (unpaired) electrons. The average Bonchev–Trinajstić information content (AvgIpc) is 3.53. The Morgan fingerprint density at radius 3 is 2.37 bits per heavy atom. The molecule has 41 heavy (non-hydrogen) atoms. The second kappa shape index (κ2) is 8.48. The third-order valence-electron chi connectivity index (χ3n) is 9.90. The molecule has 3 aliphatic rings. The molecule has 0 saturated carbocycles. The molecular formula is C39H32NP. The summed E-state index contributed by atoms with van der Waals surface area (Å²) in [4.78, 5) is 0. The van der Waals surface area contributed by atoms with Crippen molar-refractivity contribution in [2.24, 2.45) is 0 Å². The number of para-hydroxylation sites is 1. The van der Waals surface area contributed by atoms with Crippen LogP contribution in [0.1, 0.15) is 49.5 Å². The van der Waals surface area contributed by atoms with E-state index in [1.165, 1.54) is 60.0 Å². The Kier molecular flexibility index (Phi) is 4.89. The molecule has 0 fully saturated rings. The molecule has 1 aliphatic heterocycles. The maximum Gasteiger partial charge on any atom is 0.0581 e. The van der Waals surface area contributed by atoms with Crippen LogP contribution in [0, 0.1) is 0 Å². The average molecular weight is 546 g/mol. The number of aromatic nitrogens is 1. The summed E-state index contributed by atoms with van der Waals surface area (Å²) in [6.45, 7) is 4.84. The summed E-state index contributed by atoms with van der Waals surface area (Å²) in [5, 5.41) is 8.73. The van der Waals surface area contributed by atoms with Gasteiger partial charge in [0.1, 0.15) is 0 Å². The van der Waals surface area contributed by atoms with Crippen LogP contribution in [0.3, 0.4) is 0 Å². The fraction of sp³-hybridized carbons (Fsp3) is 0.179. The third kappa shape index (κ3) is 3.19. The third-order valence-corrected chi connectivity index (χ3v) is 12.5. The molecule has 198 valence electrons. The van der Waals surface area contributed by atoms with Crippen molar-refractivity contribution < 1.29 is 0 Å². The van der Waals surface area contributed by atoms with Gasteiger partial charge in [0.25, 0.3) is 0 Å². The molecule has 2 aliphatic carbocycles. The Labute approximate surface area is 242 Å². The summed E-state index contributed by atoms with van der Waals surface area (Å²) in [6.07, 6.45) is 14.1. The predicted molar refractivity (Wildman–Crippen MR) is 178 cm³/mol. The van der Waals surface area contributed by atoms with Gasteiger partial charge in [-0.05, 0) is 94.5 Å². The van der Waals surface area contributed by atoms with Crippen molar-refractivity contribution in [1.29, 1.82) is 0 Å². The van der Waals surface area contributed by atoms with Crippen LogP contribution in [0.5, 0.6) is 0 Å². The van der Waals surface area contributed by atoms with E-state index in [4.69, 9.17) is 0 Å². The zero-order valence-electron chi connectivity index (χ0n) is 23.6. The molecule has 1 atom stereocenters. The van der Waals surface area contributed by atoms with Crippen LogP contribution in [-0.2, 0) is 11.8 Å². The van der Waals surface area contributed by atoms with Crippen molar-refractivity contribution in [3.05, 3.63) is 125 Å². The Balaban J connectivity index is 1.27. The van der Waals surface area contributed by atoms with Gasteiger partial charge >= 0.3 is 0 Å². The maximum absolute atomic E-state index is 2.56. The summed E-state index contributed by atoms with van der Waals surface area (Å²) in [5.41, 5.74) is 11.4. The lowest BCUT2D eigenvalue weighted by Crippen LogP contribution is -2.28. The SMILES string of the molecule is CC1(C)C2=C(C=CCC2)n2c3ccc(-c4ccc5c(c4)c4c(p5-c5ccccc5)C=CCC4)cc3c3cccc1c32. The van der Waals surface area contributed by atoms with E-state index in [2.05, 4.69) is 128 Å². The Bertz CT molecular complexity index is 2160. The largest absolute Gasteiger partial charge is 0.309 e. The molecular weight excluding hydrogens is 513 g/mol. The van der Waals surface area contributed by atoms with Crippen molar-refractivity contribution in [2.75, 3.05) is 0 Å². The molecule has 9 rings (SSSR count). The van der Waals surface area contributed by atoms with Crippen LogP contribution in [0.25, 0.3) is 60.5 Å². The number of aryl methyl sites for hydroxylation is 1. The molecule has 6 aromatic rings. The van der Waals surface area contributed by atoms with Crippen LogP contribution >= 0.6 is 7.53 Å². The quantitative estimate of drug-likeness (QED) is 0.204. The zero-order valence-corrected chi connectivity index (χ0v) is 24.5. The van der Waals surface area contributed by atoms with Crippen molar-refractivity contribution in [3.63, 3.8) is 0 Å². The van der Waals surface area contributed by atoms with E-state index in [0.717, 1.165) is 25.7 Å². The summed E-state index contributed by atoms with van der Waals surface area (Å²) in [5.74, 6) is 0. The van der Waals surface area contributed by atoms with Crippen LogP contribution in [0.15, 0.2) is 109 Å². The van der Waals surface area contributed by atoms with Gasteiger partial charge in [-0.2, -0.15) is 0 Å². The fourth-order valence-electron chi connectivity index (χ4n) is 7.93. The number of rotatable bonds is 2. The topological polar surface area (TPSA) is 4.93 Å². The van der Waals surface area contributed by atoms with Gasteiger partial charge in [0.15, 0.2) is 0 Å². The maximum atomic E-state index is 2.56. The highest BCUT2D eigenvalue weighted by atomic mass is 31.1. The lowest BCUT2D eigenvalue weighted by molar-refractivity contribution is 0.585. The minimum atomic E-state index is -0.481. The molecule has 4 aromatic carbocycles. The van der Waals surface area contributed by atoms with Gasteiger partial charge in [-0.1, -0.05) is 100 Å². The number of nitrogens with zero attached hydrogens (tertiary/aromatic N) is 1. The molecule has 1 unspecified atom stereocenters. The van der Waals surface area contributed by atoms with E-state index in [0.29, 0.717) is 0 Å². The van der Waals surface area contributed by atoms with Crippen LogP contribution < -0.4 is 0 Å². The molecule has 0 bridgehead atoms. The first-order valence-corrected chi connectivity index (χ1v) is 16.3. The normalized spacial score (nSPS) is 17.5. The number of hydrogen-bond donors (Lipinski definition) is 0. The molecule has 0 amide bonds. The second-order valence-electron chi connectivity index (χ2n) is 12.4. The van der Waals surface area contributed by atoms with Gasteiger partial charge in [-0.3, -0.25) is 0 Å². The number of allylic oxidation sites excluding steroid dienone is 5. The van der Waals surface area contributed by atoms with Crippen LogP contribution in [0.2, 0.25) is 0 Å². The first-order valence-electron chi connectivity index (χ1n) is 15.0. The van der Waals surface area contributed by atoms with Gasteiger partial charge < -0.3 is 4.57 Å². The summed E-state index contributed by atoms with van der Waals surface area (Å²) in [6, 6.07) is 32.6. The molecule has 1 nitrogen and oxygen atoms in total. The van der Waals surface area contributed by atoms with Gasteiger partial charge in [0.05, 0.1) is 11.0 Å². The smallest absolute Gasteiger partial charge is 0.0581 e. The van der Waals surface area contributed by atoms with Crippen LogP contribution in [-0.4, -0.2) is 4.57 Å². The molecule has 0 saturated heterocycles. The summed E-state index contributed by atoms with van der Waals surface area (Å²) >= 11 is 0. The highest BCUT2D eigenvalue weighted by Gasteiger charge is 2.36. The van der Waals surface area contributed by atoms with E-state index in [1.54, 1.807) is 16.4 Å². The van der Waals surface area contributed by atoms with E-state index >= 15 is 0 Å². The Morgan fingerprint density at radius 2 is 1.49 bits per heavy atom. The van der Waals surface area contributed by atoms with Crippen LogP contribution in [0.4, 0.5) is 0 Å². The van der Waals surface area contributed by atoms with Crippen molar-refractivity contribution >= 4 is 51.6 Å². The van der Waals surface area contributed by atoms with E-state index in [1.807, 2.05) is 0 Å².